The predicted molar refractivity (Wildman–Crippen MR) is 52.3 cm³/mol. The minimum atomic E-state index is -0.262. The quantitative estimate of drug-likeness (QED) is 0.662. The number of hydrogen-bond acceptors (Lipinski definition) is 2. The molecule has 0 saturated heterocycles. The molecule has 0 spiro atoms. The summed E-state index contributed by atoms with van der Waals surface area (Å²) in [5.74, 6) is 0.832. The number of fused-ring (bicyclic) bond motifs is 1. The summed E-state index contributed by atoms with van der Waals surface area (Å²) >= 11 is 1.82. The van der Waals surface area contributed by atoms with Gasteiger partial charge in [0.1, 0.15) is 0 Å². The van der Waals surface area contributed by atoms with Gasteiger partial charge in [-0.3, -0.25) is 0 Å². The first-order valence-corrected chi connectivity index (χ1v) is 5.22. The maximum Gasteiger partial charge on any atom is 0.0883 e. The van der Waals surface area contributed by atoms with E-state index in [1.807, 2.05) is 30.0 Å². The summed E-state index contributed by atoms with van der Waals surface area (Å²) in [4.78, 5) is 0. The highest BCUT2D eigenvalue weighted by Gasteiger charge is 2.22. The van der Waals surface area contributed by atoms with Crippen LogP contribution in [0.25, 0.3) is 0 Å². The van der Waals surface area contributed by atoms with Gasteiger partial charge in [0.15, 0.2) is 0 Å². The molecule has 0 fully saturated rings. The van der Waals surface area contributed by atoms with Crippen LogP contribution in [0.5, 0.6) is 0 Å². The largest absolute Gasteiger partial charge is 0.388 e. The first-order valence-electron chi connectivity index (χ1n) is 4.17. The molecular weight excluding hydrogens is 168 g/mol. The molecule has 1 aromatic rings. The zero-order chi connectivity index (χ0) is 8.55. The molecule has 0 saturated carbocycles. The van der Waals surface area contributed by atoms with Crippen molar-refractivity contribution < 1.29 is 5.11 Å². The highest BCUT2D eigenvalue weighted by atomic mass is 32.2. The Morgan fingerprint density at radius 3 is 2.67 bits per heavy atom. The van der Waals surface area contributed by atoms with E-state index in [0.717, 1.165) is 11.3 Å². The smallest absolute Gasteiger partial charge is 0.0883 e. The lowest BCUT2D eigenvalue weighted by atomic mass is 10.0. The van der Waals surface area contributed by atoms with Crippen molar-refractivity contribution in [3.8, 4) is 0 Å². The highest BCUT2D eigenvalue weighted by molar-refractivity contribution is 7.99. The Kier molecular flexibility index (Phi) is 2.11. The van der Waals surface area contributed by atoms with Crippen molar-refractivity contribution in [3.63, 3.8) is 0 Å². The van der Waals surface area contributed by atoms with E-state index in [4.69, 9.17) is 0 Å². The number of aliphatic hydroxyl groups is 1. The van der Waals surface area contributed by atoms with E-state index in [-0.39, 0.29) is 6.10 Å². The number of rotatable bonds is 0. The second kappa shape index (κ2) is 3.11. The summed E-state index contributed by atoms with van der Waals surface area (Å²) < 4.78 is 0. The van der Waals surface area contributed by atoms with Gasteiger partial charge in [0.25, 0.3) is 0 Å². The van der Waals surface area contributed by atoms with Gasteiger partial charge < -0.3 is 5.11 Å². The lowest BCUT2D eigenvalue weighted by molar-refractivity contribution is 0.201. The first kappa shape index (κ1) is 8.14. The Morgan fingerprint density at radius 2 is 2.00 bits per heavy atom. The predicted octanol–water partition coefficient (Wildman–Crippen LogP) is 2.53. The minimum absolute atomic E-state index is 0.262. The molecule has 1 N–H and O–H groups in total. The van der Waals surface area contributed by atoms with Gasteiger partial charge >= 0.3 is 0 Å². The van der Waals surface area contributed by atoms with E-state index >= 15 is 0 Å². The van der Waals surface area contributed by atoms with Crippen LogP contribution >= 0.6 is 11.8 Å². The van der Waals surface area contributed by atoms with Crippen LogP contribution in [0.2, 0.25) is 0 Å². The summed E-state index contributed by atoms with van der Waals surface area (Å²) in [6, 6.07) is 8.16. The van der Waals surface area contributed by atoms with Crippen LogP contribution in [0.3, 0.4) is 0 Å². The lowest BCUT2D eigenvalue weighted by Gasteiger charge is -2.25. The van der Waals surface area contributed by atoms with Gasteiger partial charge in [-0.15, -0.1) is 0 Å². The number of hydrogen-bond donors (Lipinski definition) is 1. The summed E-state index contributed by atoms with van der Waals surface area (Å²) in [5.41, 5.74) is 2.41. The average Bonchev–Trinajstić information content (AvgIpc) is 2.12. The van der Waals surface area contributed by atoms with Gasteiger partial charge in [0.2, 0.25) is 0 Å². The van der Waals surface area contributed by atoms with Gasteiger partial charge in [-0.2, -0.15) is 11.8 Å². The fourth-order valence-electron chi connectivity index (χ4n) is 1.60. The summed E-state index contributed by atoms with van der Waals surface area (Å²) in [5, 5.41) is 10.2. The standard InChI is InChI=1S/C10H12OS/c1-7-8-4-2-3-5-9(8)10(11)6-12-7/h2-5,7,10-11H,6H2,1H3/t7?,10-/m0/s1. The van der Waals surface area contributed by atoms with Crippen LogP contribution in [-0.2, 0) is 0 Å². The normalized spacial score (nSPS) is 28.2. The van der Waals surface area contributed by atoms with Crippen LogP contribution in [0, 0.1) is 0 Å². The molecular formula is C10H12OS. The lowest BCUT2D eigenvalue weighted by Crippen LogP contribution is -2.11. The fraction of sp³-hybridized carbons (Fsp3) is 0.400. The molecule has 2 rings (SSSR count). The average molecular weight is 180 g/mol. The van der Waals surface area contributed by atoms with E-state index in [2.05, 4.69) is 13.0 Å². The molecule has 1 unspecified atom stereocenters. The molecule has 0 aromatic heterocycles. The maximum atomic E-state index is 9.66. The van der Waals surface area contributed by atoms with Crippen molar-refractivity contribution in [2.75, 3.05) is 5.75 Å². The van der Waals surface area contributed by atoms with E-state index in [0.29, 0.717) is 5.25 Å². The van der Waals surface area contributed by atoms with E-state index in [1.54, 1.807) is 0 Å². The van der Waals surface area contributed by atoms with Crippen LogP contribution in [0.15, 0.2) is 24.3 Å². The molecule has 2 heteroatoms. The number of benzene rings is 1. The van der Waals surface area contributed by atoms with Gasteiger partial charge in [0.05, 0.1) is 6.10 Å². The molecule has 12 heavy (non-hydrogen) atoms. The third-order valence-electron chi connectivity index (χ3n) is 2.30. The Bertz CT molecular complexity index is 256. The van der Waals surface area contributed by atoms with Gasteiger partial charge in [-0.1, -0.05) is 24.3 Å². The Morgan fingerprint density at radius 1 is 1.33 bits per heavy atom. The third-order valence-corrected chi connectivity index (χ3v) is 3.56. The molecule has 1 aromatic carbocycles. The summed E-state index contributed by atoms with van der Waals surface area (Å²) in [7, 11) is 0. The SMILES string of the molecule is CC1SC[C@H](O)c2ccccc21. The van der Waals surface area contributed by atoms with E-state index in [9.17, 15) is 5.11 Å². The number of aliphatic hydroxyl groups excluding tert-OH is 1. The zero-order valence-corrected chi connectivity index (χ0v) is 7.84. The fourth-order valence-corrected chi connectivity index (χ4v) is 2.64. The Balaban J connectivity index is 2.47. The van der Waals surface area contributed by atoms with Crippen LogP contribution in [0.4, 0.5) is 0 Å². The van der Waals surface area contributed by atoms with Crippen LogP contribution in [-0.4, -0.2) is 10.9 Å². The van der Waals surface area contributed by atoms with Crippen molar-refractivity contribution in [2.24, 2.45) is 0 Å². The van der Waals surface area contributed by atoms with Gasteiger partial charge in [0, 0.05) is 11.0 Å². The second-order valence-corrected chi connectivity index (χ2v) is 4.49. The molecule has 0 amide bonds. The molecule has 0 bridgehead atoms. The molecule has 1 heterocycles. The van der Waals surface area contributed by atoms with Gasteiger partial charge in [-0.25, -0.2) is 0 Å². The molecule has 0 aliphatic carbocycles. The highest BCUT2D eigenvalue weighted by Crippen LogP contribution is 2.40. The minimum Gasteiger partial charge on any atom is -0.388 e. The van der Waals surface area contributed by atoms with Crippen LogP contribution < -0.4 is 0 Å². The molecule has 1 aliphatic heterocycles. The maximum absolute atomic E-state index is 9.66. The van der Waals surface area contributed by atoms with Crippen molar-refractivity contribution in [3.05, 3.63) is 35.4 Å². The zero-order valence-electron chi connectivity index (χ0n) is 7.03. The molecule has 1 aliphatic rings. The molecule has 1 nitrogen and oxygen atoms in total. The van der Waals surface area contributed by atoms with E-state index in [1.165, 1.54) is 5.56 Å². The van der Waals surface area contributed by atoms with Crippen molar-refractivity contribution in [2.45, 2.75) is 18.3 Å². The van der Waals surface area contributed by atoms with Gasteiger partial charge in [-0.05, 0) is 18.1 Å². The van der Waals surface area contributed by atoms with E-state index < -0.39 is 0 Å². The Labute approximate surface area is 76.8 Å². The van der Waals surface area contributed by atoms with Crippen molar-refractivity contribution in [1.29, 1.82) is 0 Å². The van der Waals surface area contributed by atoms with Crippen LogP contribution in [0.1, 0.15) is 29.4 Å². The topological polar surface area (TPSA) is 20.2 Å². The second-order valence-electron chi connectivity index (χ2n) is 3.12. The first-order chi connectivity index (χ1) is 5.79. The molecule has 64 valence electrons. The molecule has 2 atom stereocenters. The monoisotopic (exact) mass is 180 g/mol. The number of thioether (sulfide) groups is 1. The van der Waals surface area contributed by atoms with Crippen molar-refractivity contribution in [1.82, 2.24) is 0 Å². The summed E-state index contributed by atoms with van der Waals surface area (Å²) in [6.45, 7) is 2.19. The summed E-state index contributed by atoms with van der Waals surface area (Å²) in [6.07, 6.45) is -0.262. The molecule has 0 radical (unpaired) electrons. The Hall–Kier alpha value is -0.470. The van der Waals surface area contributed by atoms with Crippen molar-refractivity contribution >= 4 is 11.8 Å². The third kappa shape index (κ3) is 1.25.